The van der Waals surface area contributed by atoms with Crippen LogP contribution >= 0.6 is 15.9 Å². The number of hydrogen-bond donors (Lipinski definition) is 1. The van der Waals surface area contributed by atoms with Gasteiger partial charge in [0, 0.05) is 15.6 Å². The molecule has 0 atom stereocenters. The summed E-state index contributed by atoms with van der Waals surface area (Å²) < 4.78 is 6.84. The predicted molar refractivity (Wildman–Crippen MR) is 116 cm³/mol. The number of carbonyl (C=O) groups excluding carboxylic acids is 1. The Balaban J connectivity index is 1.60. The van der Waals surface area contributed by atoms with Crippen molar-refractivity contribution in [3.63, 3.8) is 0 Å². The van der Waals surface area contributed by atoms with Crippen LogP contribution in [-0.2, 0) is 17.8 Å². The number of hydrogen-bond acceptors (Lipinski definition) is 4. The third kappa shape index (κ3) is 6.03. The van der Waals surface area contributed by atoms with E-state index < -0.39 is 0 Å². The van der Waals surface area contributed by atoms with Gasteiger partial charge in [-0.2, -0.15) is 10.4 Å². The topological polar surface area (TPSA) is 74.5 Å². The van der Waals surface area contributed by atoms with Gasteiger partial charge in [-0.25, -0.2) is 5.43 Å². The first-order valence-corrected chi connectivity index (χ1v) is 9.71. The summed E-state index contributed by atoms with van der Waals surface area (Å²) in [7, 11) is 0. The average Bonchev–Trinajstić information content (AvgIpc) is 2.75. The number of nitrogens with one attached hydrogen (secondary N) is 1. The van der Waals surface area contributed by atoms with Gasteiger partial charge in [-0.15, -0.1) is 0 Å². The lowest BCUT2D eigenvalue weighted by molar-refractivity contribution is -0.120. The summed E-state index contributed by atoms with van der Waals surface area (Å²) >= 11 is 3.37. The van der Waals surface area contributed by atoms with Crippen molar-refractivity contribution in [2.45, 2.75) is 13.0 Å². The molecule has 3 aromatic carbocycles. The van der Waals surface area contributed by atoms with E-state index in [0.717, 1.165) is 21.2 Å². The zero-order valence-corrected chi connectivity index (χ0v) is 17.1. The Kier molecular flexibility index (Phi) is 7.15. The monoisotopic (exact) mass is 447 g/mol. The lowest BCUT2D eigenvalue weighted by atomic mass is 10.1. The highest BCUT2D eigenvalue weighted by Crippen LogP contribution is 2.19. The van der Waals surface area contributed by atoms with Crippen LogP contribution in [0.4, 0.5) is 0 Å². The van der Waals surface area contributed by atoms with E-state index in [4.69, 9.17) is 4.74 Å². The predicted octanol–water partition coefficient (Wildman–Crippen LogP) is 4.59. The van der Waals surface area contributed by atoms with Crippen molar-refractivity contribution in [3.05, 3.63) is 99.5 Å². The van der Waals surface area contributed by atoms with Crippen LogP contribution in [0.3, 0.4) is 0 Å². The van der Waals surface area contributed by atoms with Gasteiger partial charge in [0.25, 0.3) is 0 Å². The van der Waals surface area contributed by atoms with Gasteiger partial charge in [-0.05, 0) is 35.9 Å². The second-order valence-electron chi connectivity index (χ2n) is 6.19. The fourth-order valence-corrected chi connectivity index (χ4v) is 2.89. The molecule has 0 heterocycles. The molecule has 3 rings (SSSR count). The van der Waals surface area contributed by atoms with Crippen molar-refractivity contribution >= 4 is 28.1 Å². The van der Waals surface area contributed by atoms with Crippen LogP contribution in [0.1, 0.15) is 22.3 Å². The highest BCUT2D eigenvalue weighted by atomic mass is 79.9. The molecule has 0 saturated heterocycles. The number of carbonyl (C=O) groups is 1. The number of hydrazone groups is 1. The Morgan fingerprint density at radius 1 is 1.07 bits per heavy atom. The Morgan fingerprint density at radius 3 is 2.59 bits per heavy atom. The van der Waals surface area contributed by atoms with E-state index >= 15 is 0 Å². The Labute approximate surface area is 177 Å². The van der Waals surface area contributed by atoms with Gasteiger partial charge in [-0.3, -0.25) is 4.79 Å². The molecule has 0 spiro atoms. The van der Waals surface area contributed by atoms with Crippen molar-refractivity contribution in [3.8, 4) is 11.8 Å². The summed E-state index contributed by atoms with van der Waals surface area (Å²) in [4.78, 5) is 12.1. The van der Waals surface area contributed by atoms with Gasteiger partial charge in [0.1, 0.15) is 12.4 Å². The summed E-state index contributed by atoms with van der Waals surface area (Å²) in [6, 6.07) is 24.4. The molecule has 0 aliphatic heterocycles. The van der Waals surface area contributed by atoms with Gasteiger partial charge < -0.3 is 4.74 Å². The van der Waals surface area contributed by atoms with E-state index in [1.807, 2.05) is 66.7 Å². The standard InChI is InChI=1S/C23H18BrN3O2/c24-21-11-9-17(10-12-21)13-23(28)27-26-15-19-6-3-4-8-22(19)29-16-20-7-2-1-5-18(20)14-25/h1-12,15H,13,16H2,(H,27,28)/b26-15+. The molecule has 0 radical (unpaired) electrons. The van der Waals surface area contributed by atoms with Gasteiger partial charge in [-0.1, -0.05) is 58.4 Å². The van der Waals surface area contributed by atoms with Crippen LogP contribution < -0.4 is 10.2 Å². The number of para-hydroxylation sites is 1. The molecule has 144 valence electrons. The van der Waals surface area contributed by atoms with E-state index in [1.54, 1.807) is 12.3 Å². The lowest BCUT2D eigenvalue weighted by Gasteiger charge is -2.10. The maximum Gasteiger partial charge on any atom is 0.244 e. The number of ether oxygens (including phenoxy) is 1. The van der Waals surface area contributed by atoms with Crippen LogP contribution in [0, 0.1) is 11.3 Å². The maximum absolute atomic E-state index is 12.1. The minimum Gasteiger partial charge on any atom is -0.488 e. The van der Waals surface area contributed by atoms with E-state index in [1.165, 1.54) is 0 Å². The molecule has 5 nitrogen and oxygen atoms in total. The Bertz CT molecular complexity index is 1060. The van der Waals surface area contributed by atoms with E-state index in [0.29, 0.717) is 11.3 Å². The zero-order chi connectivity index (χ0) is 20.5. The van der Waals surface area contributed by atoms with Gasteiger partial charge in [0.2, 0.25) is 5.91 Å². The molecule has 0 saturated carbocycles. The Morgan fingerprint density at radius 2 is 1.79 bits per heavy atom. The first-order chi connectivity index (χ1) is 14.2. The minimum atomic E-state index is -0.204. The molecule has 0 aromatic heterocycles. The molecule has 0 bridgehead atoms. The van der Waals surface area contributed by atoms with Crippen molar-refractivity contribution in [2.24, 2.45) is 5.10 Å². The fraction of sp³-hybridized carbons (Fsp3) is 0.0870. The molecular formula is C23H18BrN3O2. The molecule has 1 amide bonds. The second kappa shape index (κ2) is 10.2. The fourth-order valence-electron chi connectivity index (χ4n) is 2.63. The summed E-state index contributed by atoms with van der Waals surface area (Å²) in [5, 5.41) is 13.2. The van der Waals surface area contributed by atoms with Gasteiger partial charge in [0.15, 0.2) is 0 Å². The molecule has 0 aliphatic rings. The number of nitrogens with zero attached hydrogens (tertiary/aromatic N) is 2. The maximum atomic E-state index is 12.1. The van der Waals surface area contributed by atoms with Crippen molar-refractivity contribution in [2.75, 3.05) is 0 Å². The van der Waals surface area contributed by atoms with Crippen LogP contribution in [0.15, 0.2) is 82.4 Å². The molecule has 3 aromatic rings. The quantitative estimate of drug-likeness (QED) is 0.424. The normalized spacial score (nSPS) is 10.5. The van der Waals surface area contributed by atoms with E-state index in [-0.39, 0.29) is 18.9 Å². The first kappa shape index (κ1) is 20.3. The second-order valence-corrected chi connectivity index (χ2v) is 7.11. The minimum absolute atomic E-state index is 0.204. The van der Waals surface area contributed by atoms with Crippen molar-refractivity contribution in [1.29, 1.82) is 5.26 Å². The van der Waals surface area contributed by atoms with Crippen molar-refractivity contribution in [1.82, 2.24) is 5.43 Å². The first-order valence-electron chi connectivity index (χ1n) is 8.92. The molecule has 0 unspecified atom stereocenters. The van der Waals surface area contributed by atoms with Crippen LogP contribution in [-0.4, -0.2) is 12.1 Å². The smallest absolute Gasteiger partial charge is 0.244 e. The molecular weight excluding hydrogens is 430 g/mol. The lowest BCUT2D eigenvalue weighted by Crippen LogP contribution is -2.19. The largest absolute Gasteiger partial charge is 0.488 e. The highest BCUT2D eigenvalue weighted by molar-refractivity contribution is 9.10. The van der Waals surface area contributed by atoms with E-state index in [2.05, 4.69) is 32.5 Å². The third-order valence-corrected chi connectivity index (χ3v) is 4.64. The average molecular weight is 448 g/mol. The molecule has 1 N–H and O–H groups in total. The van der Waals surface area contributed by atoms with Crippen LogP contribution in [0.5, 0.6) is 5.75 Å². The summed E-state index contributed by atoms with van der Waals surface area (Å²) in [6.07, 6.45) is 1.79. The summed E-state index contributed by atoms with van der Waals surface area (Å²) in [6.45, 7) is 0.268. The van der Waals surface area contributed by atoms with Crippen LogP contribution in [0.2, 0.25) is 0 Å². The van der Waals surface area contributed by atoms with Gasteiger partial charge in [0.05, 0.1) is 24.3 Å². The SMILES string of the molecule is N#Cc1ccccc1COc1ccccc1/C=N/NC(=O)Cc1ccc(Br)cc1. The zero-order valence-electron chi connectivity index (χ0n) is 15.5. The number of rotatable bonds is 7. The summed E-state index contributed by atoms with van der Waals surface area (Å²) in [5.74, 6) is 0.413. The molecule has 0 fully saturated rings. The number of nitriles is 1. The molecule has 0 aliphatic carbocycles. The third-order valence-electron chi connectivity index (χ3n) is 4.11. The summed E-state index contributed by atoms with van der Waals surface area (Å²) in [5.41, 5.74) is 5.56. The number of halogens is 1. The van der Waals surface area contributed by atoms with Crippen molar-refractivity contribution < 1.29 is 9.53 Å². The highest BCUT2D eigenvalue weighted by Gasteiger charge is 2.06. The van der Waals surface area contributed by atoms with E-state index in [9.17, 15) is 10.1 Å². The number of benzene rings is 3. The van der Waals surface area contributed by atoms with Gasteiger partial charge >= 0.3 is 0 Å². The molecule has 6 heteroatoms. The van der Waals surface area contributed by atoms with Crippen LogP contribution in [0.25, 0.3) is 0 Å². The number of amides is 1. The Hall–Kier alpha value is -3.43. The molecule has 29 heavy (non-hydrogen) atoms.